The molecule has 1 saturated carbocycles. The number of hydrogen-bond donors (Lipinski definition) is 3. The minimum Gasteiger partial charge on any atom is -0.494 e. The van der Waals surface area contributed by atoms with Gasteiger partial charge in [0.2, 0.25) is 11.8 Å². The molecule has 0 bridgehead atoms. The molecule has 36 heavy (non-hydrogen) atoms. The number of nitrogens with one attached hydrogen (secondary N) is 1. The first-order chi connectivity index (χ1) is 16.7. The highest BCUT2D eigenvalue weighted by molar-refractivity contribution is 5.97. The van der Waals surface area contributed by atoms with E-state index in [-0.39, 0.29) is 29.0 Å². The Morgan fingerprint density at radius 3 is 2.42 bits per heavy atom. The van der Waals surface area contributed by atoms with Crippen molar-refractivity contribution in [3.63, 3.8) is 0 Å². The van der Waals surface area contributed by atoms with Crippen LogP contribution in [-0.2, 0) is 11.3 Å². The lowest BCUT2D eigenvalue weighted by molar-refractivity contribution is -0.131. The normalized spacial score (nSPS) is 19.0. The zero-order valence-electron chi connectivity index (χ0n) is 22.0. The largest absolute Gasteiger partial charge is 0.494 e. The number of fused-ring (bicyclic) bond motifs is 1. The number of rotatable bonds is 6. The third-order valence-electron chi connectivity index (χ3n) is 6.74. The fraction of sp³-hybridized carbons (Fsp3) is 0.615. The lowest BCUT2D eigenvalue weighted by Crippen LogP contribution is -2.47. The van der Waals surface area contributed by atoms with Gasteiger partial charge in [0.25, 0.3) is 11.5 Å². The van der Waals surface area contributed by atoms with E-state index in [2.05, 4.69) is 10.4 Å². The molecule has 10 heteroatoms. The van der Waals surface area contributed by atoms with Crippen LogP contribution in [0.1, 0.15) is 81.9 Å². The smallest absolute Gasteiger partial charge is 0.291 e. The minimum atomic E-state index is -1.02. The van der Waals surface area contributed by atoms with Gasteiger partial charge in [-0.15, -0.1) is 0 Å². The van der Waals surface area contributed by atoms with Crippen LogP contribution in [0.15, 0.2) is 10.9 Å². The summed E-state index contributed by atoms with van der Waals surface area (Å²) in [6.07, 6.45) is 6.25. The summed E-state index contributed by atoms with van der Waals surface area (Å²) in [5.74, 6) is -1.27. The standard InChI is InChI=1S/C26H37N5O5/c1-15-17(11-12-19(32)29-13-7-8-18(29)26(5,6)36)22-30(14-25(2,3)4)23(34)20(24(35)31(22)28-15)21(33)27-16-9-10-16/h11-12,16,18,34,36H,7-10,13-14H2,1-6H3,(H,27,33). The van der Waals surface area contributed by atoms with Gasteiger partial charge in [0.15, 0.2) is 5.56 Å². The zero-order valence-corrected chi connectivity index (χ0v) is 22.0. The lowest BCUT2D eigenvalue weighted by Gasteiger charge is -2.33. The Hall–Kier alpha value is -3.14. The highest BCUT2D eigenvalue weighted by Crippen LogP contribution is 2.30. The molecule has 2 fully saturated rings. The third-order valence-corrected chi connectivity index (χ3v) is 6.74. The van der Waals surface area contributed by atoms with Gasteiger partial charge in [0, 0.05) is 30.8 Å². The summed E-state index contributed by atoms with van der Waals surface area (Å²) in [4.78, 5) is 40.9. The second kappa shape index (κ2) is 9.06. The predicted octanol–water partition coefficient (Wildman–Crippen LogP) is 2.22. The number of carbonyl (C=O) groups excluding carboxylic acids is 2. The zero-order chi connectivity index (χ0) is 26.6. The molecule has 196 valence electrons. The molecule has 1 aliphatic heterocycles. The van der Waals surface area contributed by atoms with Crippen molar-refractivity contribution in [1.82, 2.24) is 24.4 Å². The Kier molecular flexibility index (Phi) is 6.53. The summed E-state index contributed by atoms with van der Waals surface area (Å²) in [7, 11) is 0. The maximum absolute atomic E-state index is 13.3. The molecule has 2 aromatic rings. The van der Waals surface area contributed by atoms with Crippen molar-refractivity contribution in [3.8, 4) is 5.88 Å². The summed E-state index contributed by atoms with van der Waals surface area (Å²) < 4.78 is 2.67. The highest BCUT2D eigenvalue weighted by atomic mass is 16.3. The van der Waals surface area contributed by atoms with Gasteiger partial charge in [-0.2, -0.15) is 9.61 Å². The van der Waals surface area contributed by atoms with Crippen molar-refractivity contribution in [1.29, 1.82) is 0 Å². The average Bonchev–Trinajstić information content (AvgIpc) is 3.29. The van der Waals surface area contributed by atoms with Crippen molar-refractivity contribution in [2.45, 2.75) is 91.5 Å². The van der Waals surface area contributed by atoms with Crippen LogP contribution in [0.5, 0.6) is 5.88 Å². The first-order valence-corrected chi connectivity index (χ1v) is 12.6. The molecule has 1 aliphatic carbocycles. The summed E-state index contributed by atoms with van der Waals surface area (Å²) in [5, 5.41) is 28.8. The summed E-state index contributed by atoms with van der Waals surface area (Å²) in [5.41, 5.74) is -1.05. The van der Waals surface area contributed by atoms with Crippen LogP contribution in [-0.4, -0.2) is 65.3 Å². The number of amides is 2. The Bertz CT molecular complexity index is 1290. The molecule has 1 atom stereocenters. The molecule has 2 aliphatic rings. The number of carbonyl (C=O) groups is 2. The van der Waals surface area contributed by atoms with Crippen molar-refractivity contribution in [2.75, 3.05) is 6.54 Å². The van der Waals surface area contributed by atoms with E-state index in [4.69, 9.17) is 0 Å². The van der Waals surface area contributed by atoms with E-state index in [9.17, 15) is 24.6 Å². The molecule has 2 aromatic heterocycles. The number of aryl methyl sites for hydroxylation is 1. The number of aromatic hydroxyl groups is 1. The first-order valence-electron chi connectivity index (χ1n) is 12.6. The van der Waals surface area contributed by atoms with Crippen LogP contribution in [0.2, 0.25) is 0 Å². The van der Waals surface area contributed by atoms with Crippen molar-refractivity contribution < 1.29 is 19.8 Å². The van der Waals surface area contributed by atoms with E-state index >= 15 is 0 Å². The molecule has 3 N–H and O–H groups in total. The monoisotopic (exact) mass is 499 g/mol. The molecule has 3 heterocycles. The van der Waals surface area contributed by atoms with E-state index in [1.54, 1.807) is 31.7 Å². The second-order valence-corrected chi connectivity index (χ2v) is 11.8. The topological polar surface area (TPSA) is 129 Å². The Labute approximate surface area is 210 Å². The summed E-state index contributed by atoms with van der Waals surface area (Å²) in [6.45, 7) is 11.9. The average molecular weight is 500 g/mol. The lowest BCUT2D eigenvalue weighted by atomic mass is 9.96. The van der Waals surface area contributed by atoms with Crippen molar-refractivity contribution in [3.05, 3.63) is 33.3 Å². The van der Waals surface area contributed by atoms with Crippen LogP contribution in [0, 0.1) is 12.3 Å². The number of nitrogens with zero attached hydrogens (tertiary/aromatic N) is 4. The van der Waals surface area contributed by atoms with Gasteiger partial charge < -0.3 is 20.4 Å². The molecule has 0 aromatic carbocycles. The highest BCUT2D eigenvalue weighted by Gasteiger charge is 2.38. The van der Waals surface area contributed by atoms with E-state index in [1.807, 2.05) is 20.8 Å². The van der Waals surface area contributed by atoms with Gasteiger partial charge in [-0.1, -0.05) is 20.8 Å². The second-order valence-electron chi connectivity index (χ2n) is 11.8. The molecule has 1 unspecified atom stereocenters. The SMILES string of the molecule is Cc1nn2c(=O)c(C(=O)NC3CC3)c(O)n(CC(C)(C)C)c2c1C=CC(=O)N1CCCC1C(C)(C)O. The maximum atomic E-state index is 13.3. The van der Waals surface area contributed by atoms with Crippen molar-refractivity contribution >= 4 is 23.5 Å². The number of aromatic nitrogens is 3. The Morgan fingerprint density at radius 2 is 1.83 bits per heavy atom. The van der Waals surface area contributed by atoms with Crippen LogP contribution >= 0.6 is 0 Å². The first kappa shape index (κ1) is 25.9. The van der Waals surface area contributed by atoms with Gasteiger partial charge in [-0.25, -0.2) is 0 Å². The number of aliphatic hydroxyl groups is 1. The predicted molar refractivity (Wildman–Crippen MR) is 136 cm³/mol. The van der Waals surface area contributed by atoms with E-state index in [0.717, 1.165) is 30.2 Å². The van der Waals surface area contributed by atoms with E-state index < -0.39 is 22.9 Å². The molecule has 1 saturated heterocycles. The molecule has 0 spiro atoms. The molecule has 4 rings (SSSR count). The molecular formula is C26H37N5O5. The van der Waals surface area contributed by atoms with Crippen molar-refractivity contribution in [2.24, 2.45) is 5.41 Å². The van der Waals surface area contributed by atoms with Crippen LogP contribution < -0.4 is 10.9 Å². The molecule has 2 amide bonds. The van der Waals surface area contributed by atoms with Gasteiger partial charge in [-0.3, -0.25) is 19.0 Å². The minimum absolute atomic E-state index is 0.0187. The molecule has 10 nitrogen and oxygen atoms in total. The molecule has 0 radical (unpaired) electrons. The Morgan fingerprint density at radius 1 is 1.17 bits per heavy atom. The summed E-state index contributed by atoms with van der Waals surface area (Å²) in [6, 6.07) is -0.263. The quantitative estimate of drug-likeness (QED) is 0.523. The number of likely N-dealkylation sites (tertiary alicyclic amines) is 1. The number of hydrogen-bond acceptors (Lipinski definition) is 6. The van der Waals surface area contributed by atoms with Gasteiger partial charge >= 0.3 is 0 Å². The van der Waals surface area contributed by atoms with Crippen LogP contribution in [0.25, 0.3) is 11.7 Å². The van der Waals surface area contributed by atoms with Crippen LogP contribution in [0.4, 0.5) is 0 Å². The van der Waals surface area contributed by atoms with Crippen LogP contribution in [0.3, 0.4) is 0 Å². The van der Waals surface area contributed by atoms with E-state index in [1.165, 1.54) is 10.6 Å². The fourth-order valence-electron chi connectivity index (χ4n) is 4.88. The van der Waals surface area contributed by atoms with Gasteiger partial charge in [0.1, 0.15) is 5.65 Å². The fourth-order valence-corrected chi connectivity index (χ4v) is 4.88. The summed E-state index contributed by atoms with van der Waals surface area (Å²) >= 11 is 0. The Balaban J connectivity index is 1.81. The van der Waals surface area contributed by atoms with Gasteiger partial charge in [0.05, 0.1) is 17.3 Å². The maximum Gasteiger partial charge on any atom is 0.291 e. The molecular weight excluding hydrogens is 462 g/mol. The van der Waals surface area contributed by atoms with Gasteiger partial charge in [-0.05, 0) is 57.9 Å². The third kappa shape index (κ3) is 5.04. The van der Waals surface area contributed by atoms with E-state index in [0.29, 0.717) is 30.0 Å².